The highest BCUT2D eigenvalue weighted by molar-refractivity contribution is 6.05. The molecule has 4 amide bonds. The minimum Gasteiger partial charge on any atom is -0.435 e. The molecule has 2 saturated heterocycles. The number of morpholine rings is 1. The molecule has 1 atom stereocenters. The fourth-order valence-corrected chi connectivity index (χ4v) is 4.81. The smallest absolute Gasteiger partial charge is 0.351 e. The number of rotatable bonds is 6. The van der Waals surface area contributed by atoms with E-state index in [0.29, 0.717) is 4.90 Å². The number of ether oxygens (including phenoxy) is 2. The van der Waals surface area contributed by atoms with Crippen LogP contribution in [0, 0.1) is 0 Å². The number of amides is 4. The van der Waals surface area contributed by atoms with Crippen molar-refractivity contribution in [3.63, 3.8) is 0 Å². The summed E-state index contributed by atoms with van der Waals surface area (Å²) >= 11 is 0. The van der Waals surface area contributed by atoms with Crippen LogP contribution < -0.4 is 10.1 Å². The molecule has 0 unspecified atom stereocenters. The molecule has 0 aliphatic carbocycles. The van der Waals surface area contributed by atoms with Crippen molar-refractivity contribution >= 4 is 23.6 Å². The van der Waals surface area contributed by atoms with E-state index in [-0.39, 0.29) is 47.4 Å². The summed E-state index contributed by atoms with van der Waals surface area (Å²) in [5, 5.41) is 64.1. The Kier molecular flexibility index (Phi) is 6.62. The predicted molar refractivity (Wildman–Crippen MR) is 127 cm³/mol. The number of carbonyl (C=O) groups excluding carboxylic acids is 4. The van der Waals surface area contributed by atoms with Gasteiger partial charge < -0.3 is 45.0 Å². The number of aliphatic hydroxyl groups is 6. The van der Waals surface area contributed by atoms with E-state index in [0.717, 1.165) is 24.3 Å². The number of nitrogens with one attached hydrogen (secondary N) is 1. The molecule has 212 valence electrons. The lowest BCUT2D eigenvalue weighted by atomic mass is 10.0. The Balaban J connectivity index is 1.35. The van der Waals surface area contributed by atoms with Crippen LogP contribution in [0.15, 0.2) is 42.5 Å². The third kappa shape index (κ3) is 4.90. The third-order valence-electron chi connectivity index (χ3n) is 6.91. The van der Waals surface area contributed by atoms with Gasteiger partial charge in [0.2, 0.25) is 11.8 Å². The van der Waals surface area contributed by atoms with E-state index in [4.69, 9.17) is 4.74 Å². The molecule has 2 aromatic carbocycles. The zero-order valence-corrected chi connectivity index (χ0v) is 20.7. The Bertz CT molecular complexity index is 1390. The first-order valence-corrected chi connectivity index (χ1v) is 12.0. The Labute approximate surface area is 225 Å². The molecule has 3 aliphatic heterocycles. The summed E-state index contributed by atoms with van der Waals surface area (Å²) < 4.78 is 9.96. The second kappa shape index (κ2) is 9.60. The van der Waals surface area contributed by atoms with Crippen LogP contribution in [0.3, 0.4) is 0 Å². The molecule has 0 saturated carbocycles. The van der Waals surface area contributed by atoms with Gasteiger partial charge in [0.25, 0.3) is 23.7 Å². The highest BCUT2D eigenvalue weighted by Crippen LogP contribution is 2.36. The van der Waals surface area contributed by atoms with Gasteiger partial charge in [-0.25, -0.2) is 0 Å². The molecule has 0 spiro atoms. The third-order valence-corrected chi connectivity index (χ3v) is 6.91. The number of imide groups is 1. The van der Waals surface area contributed by atoms with Gasteiger partial charge in [-0.3, -0.25) is 29.4 Å². The quantitative estimate of drug-likeness (QED) is 0.141. The fraction of sp³-hybridized carbons (Fsp3) is 0.360. The van der Waals surface area contributed by atoms with Crippen LogP contribution in [0.4, 0.5) is 0 Å². The number of fused-ring (bicyclic) bond motifs is 1. The Morgan fingerprint density at radius 1 is 0.975 bits per heavy atom. The maximum absolute atomic E-state index is 13.0. The normalized spacial score (nSPS) is 21.4. The molecule has 7 N–H and O–H groups in total. The number of benzene rings is 2. The zero-order valence-electron chi connectivity index (χ0n) is 20.7. The van der Waals surface area contributed by atoms with Crippen LogP contribution in [-0.2, 0) is 37.5 Å². The number of hydrogen-bond acceptors (Lipinski definition) is 12. The molecule has 0 bridgehead atoms. The van der Waals surface area contributed by atoms with E-state index < -0.39 is 60.7 Å². The highest BCUT2D eigenvalue weighted by Gasteiger charge is 2.47. The Morgan fingerprint density at radius 2 is 1.65 bits per heavy atom. The molecule has 2 fully saturated rings. The van der Waals surface area contributed by atoms with Crippen LogP contribution in [0.2, 0.25) is 0 Å². The topological polar surface area (TPSA) is 227 Å². The monoisotopic (exact) mass is 559 g/mol. The lowest BCUT2D eigenvalue weighted by molar-refractivity contribution is -0.381. The Morgan fingerprint density at radius 3 is 2.33 bits per heavy atom. The van der Waals surface area contributed by atoms with Gasteiger partial charge in [-0.15, -0.1) is 0 Å². The predicted octanol–water partition coefficient (Wildman–Crippen LogP) is -2.79. The first kappa shape index (κ1) is 27.6. The molecule has 5 rings (SSSR count). The average Bonchev–Trinajstić information content (AvgIpc) is 3.22. The number of piperidine rings is 1. The standard InChI is InChI=1S/C25H25N3O12/c29-19-9-8-17(21(31)26-19)27-10-16-15(22(27)32)2-1-3-18(16)40-25(37,38)14-6-4-13(5-7-14)24(35,36)28-12-23(33,34)39-11-20(28)30/h1-7,17,33-38H,8-12H2,(H,26,29,31)/t17-/m1/s1. The summed E-state index contributed by atoms with van der Waals surface area (Å²) in [4.78, 5) is 50.5. The van der Waals surface area contributed by atoms with Crippen molar-refractivity contribution in [2.24, 2.45) is 0 Å². The summed E-state index contributed by atoms with van der Waals surface area (Å²) in [7, 11) is 0. The van der Waals surface area contributed by atoms with Gasteiger partial charge in [-0.05, 0) is 30.7 Å². The molecule has 40 heavy (non-hydrogen) atoms. The maximum atomic E-state index is 13.0. The minimum atomic E-state index is -3.01. The number of hydrogen-bond donors (Lipinski definition) is 7. The van der Waals surface area contributed by atoms with Crippen LogP contribution in [0.25, 0.3) is 0 Å². The highest BCUT2D eigenvalue weighted by atomic mass is 16.8. The van der Waals surface area contributed by atoms with Gasteiger partial charge >= 0.3 is 5.97 Å². The first-order valence-electron chi connectivity index (χ1n) is 12.0. The summed E-state index contributed by atoms with van der Waals surface area (Å²) in [6, 6.07) is 7.67. The summed E-state index contributed by atoms with van der Waals surface area (Å²) in [5.74, 6) is -11.4. The second-order valence-electron chi connectivity index (χ2n) is 9.62. The first-order chi connectivity index (χ1) is 18.7. The Hall–Kier alpha value is -3.96. The van der Waals surface area contributed by atoms with Crippen molar-refractivity contribution in [3.8, 4) is 5.75 Å². The summed E-state index contributed by atoms with van der Waals surface area (Å²) in [6.07, 6.45) is 0.206. The maximum Gasteiger partial charge on any atom is 0.351 e. The van der Waals surface area contributed by atoms with Crippen LogP contribution in [0.5, 0.6) is 5.75 Å². The molecule has 3 aliphatic rings. The minimum absolute atomic E-state index is 0.0653. The second-order valence-corrected chi connectivity index (χ2v) is 9.62. The van der Waals surface area contributed by atoms with E-state index in [1.807, 2.05) is 0 Å². The van der Waals surface area contributed by atoms with Gasteiger partial charge in [0.15, 0.2) is 0 Å². The largest absolute Gasteiger partial charge is 0.435 e. The number of β-amino-alcohol motifs (C(OH)–C–C–N with tert-alkyl or cyclic N) is 2. The molecular formula is C25H25N3O12. The zero-order chi connectivity index (χ0) is 29.0. The molecule has 0 radical (unpaired) electrons. The number of carbonyl (C=O) groups is 4. The summed E-state index contributed by atoms with van der Waals surface area (Å²) in [6.45, 7) is -1.90. The van der Waals surface area contributed by atoms with Crippen molar-refractivity contribution in [2.75, 3.05) is 13.2 Å². The van der Waals surface area contributed by atoms with Crippen molar-refractivity contribution in [2.45, 2.75) is 43.3 Å². The molecule has 2 aromatic rings. The SMILES string of the molecule is O=C1CC[C@@H](N2Cc3c(OC(O)(O)c4ccc(C(O)(O)N5CC(O)(O)OCC5=O)cc4)cccc3C2=O)C(=O)N1. The molecule has 3 heterocycles. The van der Waals surface area contributed by atoms with E-state index in [1.165, 1.54) is 23.1 Å². The van der Waals surface area contributed by atoms with Crippen molar-refractivity contribution in [1.29, 1.82) is 0 Å². The van der Waals surface area contributed by atoms with E-state index in [1.54, 1.807) is 0 Å². The molecule has 15 nitrogen and oxygen atoms in total. The van der Waals surface area contributed by atoms with Gasteiger partial charge in [-0.2, -0.15) is 0 Å². The summed E-state index contributed by atoms with van der Waals surface area (Å²) in [5.41, 5.74) is -0.141. The molecule has 15 heteroatoms. The van der Waals surface area contributed by atoms with E-state index in [9.17, 15) is 49.8 Å². The molecule has 0 aromatic heterocycles. The van der Waals surface area contributed by atoms with E-state index in [2.05, 4.69) is 10.1 Å². The lowest BCUT2D eigenvalue weighted by Crippen LogP contribution is -2.61. The average molecular weight is 559 g/mol. The fourth-order valence-electron chi connectivity index (χ4n) is 4.81. The van der Waals surface area contributed by atoms with Crippen molar-refractivity contribution in [1.82, 2.24) is 15.1 Å². The van der Waals surface area contributed by atoms with Crippen molar-refractivity contribution in [3.05, 3.63) is 64.7 Å². The van der Waals surface area contributed by atoms with Crippen LogP contribution in [-0.4, -0.2) is 89.2 Å². The van der Waals surface area contributed by atoms with Gasteiger partial charge in [0, 0.05) is 23.1 Å². The van der Waals surface area contributed by atoms with Gasteiger partial charge in [-0.1, -0.05) is 18.2 Å². The van der Waals surface area contributed by atoms with Crippen LogP contribution in [0.1, 0.15) is 39.9 Å². The number of nitrogens with zero attached hydrogens (tertiary/aromatic N) is 2. The lowest BCUT2D eigenvalue weighted by Gasteiger charge is -2.41. The van der Waals surface area contributed by atoms with Crippen LogP contribution >= 0.6 is 0 Å². The molecular weight excluding hydrogens is 534 g/mol. The van der Waals surface area contributed by atoms with E-state index >= 15 is 0 Å². The van der Waals surface area contributed by atoms with Crippen molar-refractivity contribution < 1.29 is 59.3 Å². The van der Waals surface area contributed by atoms with Gasteiger partial charge in [0.05, 0.1) is 12.1 Å². The van der Waals surface area contributed by atoms with Gasteiger partial charge in [0.1, 0.15) is 24.9 Å².